The van der Waals surface area contributed by atoms with Gasteiger partial charge in [0.05, 0.1) is 20.8 Å². The van der Waals surface area contributed by atoms with E-state index in [-0.39, 0.29) is 18.4 Å². The topological polar surface area (TPSA) is 75.7 Å². The maximum atomic E-state index is 13.8. The summed E-state index contributed by atoms with van der Waals surface area (Å²) in [5, 5.41) is 3.79. The number of ether oxygens (including phenoxy) is 3. The lowest BCUT2D eigenvalue weighted by molar-refractivity contribution is 0.220. The molecule has 0 N–H and O–H groups in total. The van der Waals surface area contributed by atoms with Crippen LogP contribution < -0.4 is 20.0 Å². The Kier molecular flexibility index (Phi) is 6.48. The molecule has 0 radical (unpaired) electrons. The summed E-state index contributed by atoms with van der Waals surface area (Å²) in [5.74, 6) is -1.27. The van der Waals surface area contributed by atoms with Gasteiger partial charge in [0.2, 0.25) is 0 Å². The van der Waals surface area contributed by atoms with Crippen molar-refractivity contribution in [1.82, 2.24) is 9.78 Å². The van der Waals surface area contributed by atoms with E-state index in [1.165, 1.54) is 0 Å². The molecule has 1 heterocycles. The lowest BCUT2D eigenvalue weighted by Gasteiger charge is -2.09. The van der Waals surface area contributed by atoms with Crippen LogP contribution in [0, 0.1) is 11.6 Å². The highest BCUT2D eigenvalue weighted by Gasteiger charge is 2.15. The van der Waals surface area contributed by atoms with E-state index < -0.39 is 17.4 Å². The van der Waals surface area contributed by atoms with Gasteiger partial charge in [-0.3, -0.25) is 0 Å². The average Bonchev–Trinajstić information content (AvgIpc) is 3.07. The van der Waals surface area contributed by atoms with Crippen molar-refractivity contribution in [3.63, 3.8) is 0 Å². The SMILES string of the molecule is COc1ccc(CCCCOc2nn(-c3ccc(F)cc3F)c(=O)o2)cc1OC. The number of benzene rings is 2. The summed E-state index contributed by atoms with van der Waals surface area (Å²) in [6.07, 6.45) is 2.01. The van der Waals surface area contributed by atoms with Crippen LogP contribution in [0.15, 0.2) is 45.6 Å². The number of hydrogen-bond donors (Lipinski definition) is 0. The second kappa shape index (κ2) is 9.22. The number of nitrogens with zero attached hydrogens (tertiary/aromatic N) is 2. The molecular formula is C20H20F2N2O5. The number of rotatable bonds is 9. The Morgan fingerprint density at radius 2 is 1.83 bits per heavy atom. The number of unbranched alkanes of at least 4 members (excludes halogenated alkanes) is 1. The molecule has 0 saturated heterocycles. The van der Waals surface area contributed by atoms with Gasteiger partial charge in [0.25, 0.3) is 0 Å². The molecule has 154 valence electrons. The van der Waals surface area contributed by atoms with Gasteiger partial charge >= 0.3 is 11.8 Å². The first-order valence-electron chi connectivity index (χ1n) is 8.91. The minimum atomic E-state index is -0.929. The van der Waals surface area contributed by atoms with E-state index in [9.17, 15) is 13.6 Å². The van der Waals surface area contributed by atoms with Crippen molar-refractivity contribution in [3.8, 4) is 23.3 Å². The summed E-state index contributed by atoms with van der Waals surface area (Å²) >= 11 is 0. The molecule has 3 rings (SSSR count). The monoisotopic (exact) mass is 406 g/mol. The summed E-state index contributed by atoms with van der Waals surface area (Å²) in [5.41, 5.74) is 0.869. The van der Waals surface area contributed by atoms with Crippen LogP contribution in [0.4, 0.5) is 8.78 Å². The third kappa shape index (κ3) is 4.92. The lowest BCUT2D eigenvalue weighted by Crippen LogP contribution is -2.15. The predicted molar refractivity (Wildman–Crippen MR) is 100.0 cm³/mol. The minimum Gasteiger partial charge on any atom is -0.493 e. The molecule has 0 unspecified atom stereocenters. The quantitative estimate of drug-likeness (QED) is 0.506. The van der Waals surface area contributed by atoms with Crippen molar-refractivity contribution in [1.29, 1.82) is 0 Å². The van der Waals surface area contributed by atoms with E-state index in [1.54, 1.807) is 14.2 Å². The third-order valence-corrected chi connectivity index (χ3v) is 4.20. The molecule has 0 fully saturated rings. The third-order valence-electron chi connectivity index (χ3n) is 4.20. The maximum absolute atomic E-state index is 13.8. The number of halogens is 2. The predicted octanol–water partition coefficient (Wildman–Crippen LogP) is 3.52. The van der Waals surface area contributed by atoms with Crippen molar-refractivity contribution in [3.05, 3.63) is 64.1 Å². The highest BCUT2D eigenvalue weighted by Crippen LogP contribution is 2.28. The summed E-state index contributed by atoms with van der Waals surface area (Å²) in [6, 6.07) is 8.50. The molecule has 0 aliphatic rings. The second-order valence-electron chi connectivity index (χ2n) is 6.14. The molecule has 0 bridgehead atoms. The van der Waals surface area contributed by atoms with Gasteiger partial charge in [-0.15, -0.1) is 0 Å². The van der Waals surface area contributed by atoms with E-state index in [0.717, 1.165) is 30.5 Å². The van der Waals surface area contributed by atoms with E-state index >= 15 is 0 Å². The van der Waals surface area contributed by atoms with Crippen LogP contribution in [0.2, 0.25) is 0 Å². The first-order valence-corrected chi connectivity index (χ1v) is 8.91. The Labute approximate surface area is 165 Å². The first kappa shape index (κ1) is 20.4. The van der Waals surface area contributed by atoms with Crippen molar-refractivity contribution in [2.24, 2.45) is 0 Å². The van der Waals surface area contributed by atoms with Crippen LogP contribution >= 0.6 is 0 Å². The highest BCUT2D eigenvalue weighted by molar-refractivity contribution is 5.42. The number of hydrogen-bond acceptors (Lipinski definition) is 6. The molecule has 7 nitrogen and oxygen atoms in total. The van der Waals surface area contributed by atoms with Crippen molar-refractivity contribution in [2.75, 3.05) is 20.8 Å². The first-order chi connectivity index (χ1) is 14.0. The van der Waals surface area contributed by atoms with Gasteiger partial charge < -0.3 is 18.6 Å². The zero-order valence-corrected chi connectivity index (χ0v) is 16.0. The van der Waals surface area contributed by atoms with Gasteiger partial charge in [-0.25, -0.2) is 13.6 Å². The molecule has 9 heteroatoms. The fourth-order valence-corrected chi connectivity index (χ4v) is 2.75. The van der Waals surface area contributed by atoms with Gasteiger partial charge in [-0.05, 0) is 49.1 Å². The zero-order chi connectivity index (χ0) is 20.8. The Balaban J connectivity index is 1.52. The van der Waals surface area contributed by atoms with E-state index in [4.69, 9.17) is 18.6 Å². The van der Waals surface area contributed by atoms with Gasteiger partial charge in [0, 0.05) is 6.07 Å². The smallest absolute Gasteiger partial charge is 0.444 e. The minimum absolute atomic E-state index is 0.219. The standard InChI is InChI=1S/C20H20F2N2O5/c1-26-17-9-6-13(11-18(17)27-2)5-3-4-10-28-19-23-24(20(25)29-19)16-8-7-14(21)12-15(16)22/h6-9,11-12H,3-5,10H2,1-2H3. The molecule has 3 aromatic rings. The van der Waals surface area contributed by atoms with Gasteiger partial charge in [-0.2, -0.15) is 4.68 Å². The lowest BCUT2D eigenvalue weighted by atomic mass is 10.1. The van der Waals surface area contributed by atoms with Crippen LogP contribution in [-0.2, 0) is 6.42 Å². The fraction of sp³-hybridized carbons (Fsp3) is 0.300. The maximum Gasteiger partial charge on any atom is 0.444 e. The van der Waals surface area contributed by atoms with E-state index in [1.807, 2.05) is 18.2 Å². The Morgan fingerprint density at radius 1 is 1.03 bits per heavy atom. The zero-order valence-electron chi connectivity index (χ0n) is 16.0. The fourth-order valence-electron chi connectivity index (χ4n) is 2.75. The van der Waals surface area contributed by atoms with Crippen molar-refractivity contribution < 1.29 is 27.4 Å². The van der Waals surface area contributed by atoms with Gasteiger partial charge in [-0.1, -0.05) is 11.2 Å². The van der Waals surface area contributed by atoms with Crippen LogP contribution in [0.1, 0.15) is 18.4 Å². The molecule has 29 heavy (non-hydrogen) atoms. The van der Waals surface area contributed by atoms with Gasteiger partial charge in [0.15, 0.2) is 17.3 Å². The molecule has 0 aliphatic carbocycles. The molecule has 2 aromatic carbocycles. The number of aromatic nitrogens is 2. The van der Waals surface area contributed by atoms with Crippen LogP contribution in [0.25, 0.3) is 5.69 Å². The molecular weight excluding hydrogens is 386 g/mol. The van der Waals surface area contributed by atoms with E-state index in [0.29, 0.717) is 28.7 Å². The van der Waals surface area contributed by atoms with Crippen LogP contribution in [0.5, 0.6) is 17.6 Å². The van der Waals surface area contributed by atoms with Crippen LogP contribution in [0.3, 0.4) is 0 Å². The summed E-state index contributed by atoms with van der Waals surface area (Å²) < 4.78 is 48.2. The Hall–Kier alpha value is -3.36. The summed E-state index contributed by atoms with van der Waals surface area (Å²) in [7, 11) is 3.17. The summed E-state index contributed by atoms with van der Waals surface area (Å²) in [6.45, 7) is 0.263. The number of aryl methyl sites for hydroxylation is 1. The van der Waals surface area contributed by atoms with Crippen molar-refractivity contribution in [2.45, 2.75) is 19.3 Å². The molecule has 1 aromatic heterocycles. The molecule has 0 aliphatic heterocycles. The van der Waals surface area contributed by atoms with Crippen LogP contribution in [-0.4, -0.2) is 30.6 Å². The molecule has 0 amide bonds. The summed E-state index contributed by atoms with van der Waals surface area (Å²) in [4.78, 5) is 11.8. The number of methoxy groups -OCH3 is 2. The molecule has 0 atom stereocenters. The Morgan fingerprint density at radius 3 is 2.55 bits per heavy atom. The Bertz CT molecular complexity index is 1030. The largest absolute Gasteiger partial charge is 0.493 e. The highest BCUT2D eigenvalue weighted by atomic mass is 19.1. The molecule has 0 saturated carbocycles. The van der Waals surface area contributed by atoms with E-state index in [2.05, 4.69) is 5.10 Å². The average molecular weight is 406 g/mol. The van der Waals surface area contributed by atoms with Crippen molar-refractivity contribution >= 4 is 0 Å². The van der Waals surface area contributed by atoms with Gasteiger partial charge in [0.1, 0.15) is 11.5 Å². The molecule has 0 spiro atoms. The normalized spacial score (nSPS) is 10.8. The second-order valence-corrected chi connectivity index (χ2v) is 6.14.